The maximum Gasteiger partial charge on any atom is 0.0443 e. The molecule has 3 heteroatoms. The third kappa shape index (κ3) is 3.17. The van der Waals surface area contributed by atoms with Gasteiger partial charge in [0.05, 0.1) is 0 Å². The van der Waals surface area contributed by atoms with E-state index in [9.17, 15) is 0 Å². The Morgan fingerprint density at radius 3 is 2.83 bits per heavy atom. The number of aryl methyl sites for hydroxylation is 1. The highest BCUT2D eigenvalue weighted by Crippen LogP contribution is 2.38. The van der Waals surface area contributed by atoms with Crippen molar-refractivity contribution >= 4 is 33.7 Å². The first kappa shape index (κ1) is 16.2. The summed E-state index contributed by atoms with van der Waals surface area (Å²) in [5, 5.41) is 0. The Hall–Kier alpha value is -1.71. The molecule has 23 heavy (non-hydrogen) atoms. The summed E-state index contributed by atoms with van der Waals surface area (Å²) in [6.45, 7) is 13.1. The van der Waals surface area contributed by atoms with E-state index in [1.54, 1.807) is 11.8 Å². The predicted molar refractivity (Wildman–Crippen MR) is 107 cm³/mol. The summed E-state index contributed by atoms with van der Waals surface area (Å²) in [5.74, 6) is 0. The summed E-state index contributed by atoms with van der Waals surface area (Å²) in [7, 11) is 0. The van der Waals surface area contributed by atoms with E-state index in [0.29, 0.717) is 0 Å². The minimum atomic E-state index is 0.980. The molecule has 2 heterocycles. The van der Waals surface area contributed by atoms with E-state index in [1.165, 1.54) is 26.6 Å². The summed E-state index contributed by atoms with van der Waals surface area (Å²) in [6, 6.07) is 11.1. The van der Waals surface area contributed by atoms with Crippen molar-refractivity contribution in [3.8, 4) is 10.4 Å². The fourth-order valence-corrected chi connectivity index (χ4v) is 4.41. The average Bonchev–Trinajstić information content (AvgIpc) is 3.09. The third-order valence-electron chi connectivity index (χ3n) is 4.19. The number of benzene rings is 1. The molecule has 3 rings (SSSR count). The first-order valence-corrected chi connectivity index (χ1v) is 9.73. The monoisotopic (exact) mass is 339 g/mol. The van der Waals surface area contributed by atoms with Crippen molar-refractivity contribution in [2.24, 2.45) is 0 Å². The Morgan fingerprint density at radius 2 is 2.09 bits per heavy atom. The molecule has 0 saturated heterocycles. The van der Waals surface area contributed by atoms with Crippen LogP contribution >= 0.6 is 23.1 Å². The van der Waals surface area contributed by atoms with Crippen molar-refractivity contribution in [1.82, 2.24) is 0 Å². The van der Waals surface area contributed by atoms with Crippen LogP contribution in [0.15, 0.2) is 61.8 Å². The quantitative estimate of drug-likeness (QED) is 0.597. The number of hydrogen-bond acceptors (Lipinski definition) is 3. The second-order valence-electron chi connectivity index (χ2n) is 5.59. The maximum atomic E-state index is 4.11. The summed E-state index contributed by atoms with van der Waals surface area (Å²) in [6.07, 6.45) is 6.19. The third-order valence-corrected chi connectivity index (χ3v) is 6.23. The van der Waals surface area contributed by atoms with Gasteiger partial charge in [0.1, 0.15) is 0 Å². The molecule has 2 aromatic rings. The number of fused-ring (bicyclic) bond motifs is 1. The van der Waals surface area contributed by atoms with E-state index in [0.717, 1.165) is 30.0 Å². The van der Waals surface area contributed by atoms with Gasteiger partial charge in [0, 0.05) is 32.6 Å². The van der Waals surface area contributed by atoms with Crippen LogP contribution in [0.1, 0.15) is 16.9 Å². The predicted octanol–water partition coefficient (Wildman–Crippen LogP) is 6.20. The minimum Gasteiger partial charge on any atom is -0.342 e. The van der Waals surface area contributed by atoms with Crippen LogP contribution in [-0.4, -0.2) is 12.8 Å². The second-order valence-corrected chi connectivity index (χ2v) is 7.57. The van der Waals surface area contributed by atoms with E-state index < -0.39 is 0 Å². The van der Waals surface area contributed by atoms with Gasteiger partial charge in [-0.15, -0.1) is 23.1 Å². The minimum absolute atomic E-state index is 0.980. The molecule has 0 fully saturated rings. The molecule has 0 spiro atoms. The molecule has 1 aromatic carbocycles. The number of thiophene rings is 1. The Kier molecular flexibility index (Phi) is 4.79. The maximum absolute atomic E-state index is 4.11. The van der Waals surface area contributed by atoms with Gasteiger partial charge in [0.15, 0.2) is 0 Å². The molecule has 0 aliphatic carbocycles. The Bertz CT molecular complexity index is 770. The van der Waals surface area contributed by atoms with Gasteiger partial charge in [0.2, 0.25) is 0 Å². The van der Waals surface area contributed by atoms with Crippen molar-refractivity contribution in [2.75, 3.05) is 17.7 Å². The van der Waals surface area contributed by atoms with Gasteiger partial charge in [-0.25, -0.2) is 0 Å². The van der Waals surface area contributed by atoms with Crippen LogP contribution in [0.5, 0.6) is 0 Å². The van der Waals surface area contributed by atoms with Crippen molar-refractivity contribution in [3.05, 3.63) is 72.3 Å². The van der Waals surface area contributed by atoms with Gasteiger partial charge >= 0.3 is 0 Å². The first-order valence-electron chi connectivity index (χ1n) is 7.69. The smallest absolute Gasteiger partial charge is 0.0443 e. The molecule has 0 saturated carbocycles. The number of allylic oxidation sites excluding steroid dienone is 1. The average molecular weight is 340 g/mol. The fraction of sp³-hybridized carbons (Fsp3) is 0.200. The van der Waals surface area contributed by atoms with Gasteiger partial charge in [-0.1, -0.05) is 25.8 Å². The number of hydrogen-bond donors (Lipinski definition) is 0. The summed E-state index contributed by atoms with van der Waals surface area (Å²) in [4.78, 5) is 5.96. The van der Waals surface area contributed by atoms with Crippen LogP contribution in [0.3, 0.4) is 0 Å². The van der Waals surface area contributed by atoms with E-state index >= 15 is 0 Å². The number of rotatable bonds is 5. The number of nitrogens with zero attached hydrogens (tertiary/aromatic N) is 1. The van der Waals surface area contributed by atoms with Crippen molar-refractivity contribution < 1.29 is 0 Å². The molecule has 0 amide bonds. The molecule has 1 aromatic heterocycles. The second kappa shape index (κ2) is 6.81. The molecule has 0 unspecified atom stereocenters. The van der Waals surface area contributed by atoms with E-state index in [1.807, 2.05) is 17.4 Å². The van der Waals surface area contributed by atoms with Crippen molar-refractivity contribution in [1.29, 1.82) is 0 Å². The van der Waals surface area contributed by atoms with Crippen LogP contribution in [0.2, 0.25) is 0 Å². The molecule has 1 aliphatic rings. The lowest BCUT2D eigenvalue weighted by molar-refractivity contribution is 0.752. The molecular formula is C20H21NS2. The summed E-state index contributed by atoms with van der Waals surface area (Å²) < 4.78 is 0. The summed E-state index contributed by atoms with van der Waals surface area (Å²) in [5.41, 5.74) is 4.94. The zero-order valence-corrected chi connectivity index (χ0v) is 15.1. The van der Waals surface area contributed by atoms with Crippen LogP contribution in [0, 0.1) is 0 Å². The van der Waals surface area contributed by atoms with Crippen LogP contribution in [0.25, 0.3) is 15.3 Å². The SMILES string of the molecule is C=CC(=C)N1CCCc2cc(-c3ccc(C(=C)SC)s3)ccc21. The summed E-state index contributed by atoms with van der Waals surface area (Å²) >= 11 is 3.52. The standard InChI is InChI=1S/C20H21NS2/c1-5-14(2)21-12-6-7-16-13-17(8-9-18(16)21)20-11-10-19(23-20)15(3)22-4/h5,8-11,13H,1-3,6-7,12H2,4H3. The highest BCUT2D eigenvalue weighted by molar-refractivity contribution is 8.07. The van der Waals surface area contributed by atoms with Crippen LogP contribution in [-0.2, 0) is 6.42 Å². The molecule has 0 atom stereocenters. The normalized spacial score (nSPS) is 13.5. The van der Waals surface area contributed by atoms with E-state index in [4.69, 9.17) is 0 Å². The fourth-order valence-electron chi connectivity index (χ4n) is 2.90. The van der Waals surface area contributed by atoms with Gasteiger partial charge < -0.3 is 4.90 Å². The van der Waals surface area contributed by atoms with Crippen LogP contribution < -0.4 is 4.90 Å². The Labute approximate surface area is 147 Å². The highest BCUT2D eigenvalue weighted by Gasteiger charge is 2.18. The number of thioether (sulfide) groups is 1. The largest absolute Gasteiger partial charge is 0.342 e. The van der Waals surface area contributed by atoms with Gasteiger partial charge in [0.25, 0.3) is 0 Å². The molecule has 0 bridgehead atoms. The zero-order valence-electron chi connectivity index (χ0n) is 13.5. The van der Waals surface area contributed by atoms with Gasteiger partial charge in [-0.2, -0.15) is 0 Å². The molecule has 118 valence electrons. The lowest BCUT2D eigenvalue weighted by Crippen LogP contribution is -2.27. The topological polar surface area (TPSA) is 3.24 Å². The molecular weight excluding hydrogens is 318 g/mol. The molecule has 1 aliphatic heterocycles. The number of anilines is 1. The molecule has 1 nitrogen and oxygen atoms in total. The Morgan fingerprint density at radius 1 is 1.26 bits per heavy atom. The Balaban J connectivity index is 1.95. The van der Waals surface area contributed by atoms with E-state index in [2.05, 4.69) is 61.2 Å². The van der Waals surface area contributed by atoms with Crippen LogP contribution in [0.4, 0.5) is 5.69 Å². The van der Waals surface area contributed by atoms with Gasteiger partial charge in [-0.3, -0.25) is 0 Å². The van der Waals surface area contributed by atoms with Crippen molar-refractivity contribution in [3.63, 3.8) is 0 Å². The van der Waals surface area contributed by atoms with Gasteiger partial charge in [-0.05, 0) is 60.6 Å². The highest BCUT2D eigenvalue weighted by atomic mass is 32.2. The lowest BCUT2D eigenvalue weighted by atomic mass is 9.98. The van der Waals surface area contributed by atoms with Crippen molar-refractivity contribution in [2.45, 2.75) is 12.8 Å². The molecule has 0 radical (unpaired) electrons. The zero-order chi connectivity index (χ0) is 16.4. The van der Waals surface area contributed by atoms with E-state index in [-0.39, 0.29) is 0 Å². The lowest BCUT2D eigenvalue weighted by Gasteiger charge is -2.31. The molecule has 0 N–H and O–H groups in total. The first-order chi connectivity index (χ1) is 11.1.